The number of rotatable bonds is 1. The number of benzene rings is 1. The number of aryl methyl sites for hydroxylation is 2. The van der Waals surface area contributed by atoms with E-state index in [0.29, 0.717) is 0 Å². The molecule has 21 heavy (non-hydrogen) atoms. The molecular weight excluding hydrogens is 260 g/mol. The van der Waals surface area contributed by atoms with E-state index in [2.05, 4.69) is 48.0 Å². The van der Waals surface area contributed by atoms with Crippen molar-refractivity contribution >= 4 is 17.3 Å². The van der Waals surface area contributed by atoms with Crippen molar-refractivity contribution in [2.75, 3.05) is 5.32 Å². The zero-order valence-electron chi connectivity index (χ0n) is 12.3. The predicted octanol–water partition coefficient (Wildman–Crippen LogP) is 3.63. The minimum Gasteiger partial charge on any atom is -0.325 e. The summed E-state index contributed by atoms with van der Waals surface area (Å²) >= 11 is 0. The fourth-order valence-corrected chi connectivity index (χ4v) is 3.78. The number of nitrogens with zero attached hydrogens (tertiary/aromatic N) is 1. The fourth-order valence-electron chi connectivity index (χ4n) is 3.78. The molecule has 106 valence electrons. The molecule has 1 N–H and O–H groups in total. The molecule has 0 fully saturated rings. The number of para-hydroxylation sites is 1. The zero-order chi connectivity index (χ0) is 14.6. The summed E-state index contributed by atoms with van der Waals surface area (Å²) in [4.78, 5) is 12.6. The monoisotopic (exact) mass is 278 g/mol. The quantitative estimate of drug-likeness (QED) is 0.849. The number of hydrogen-bond donors (Lipinski definition) is 1. The number of anilines is 1. The highest BCUT2D eigenvalue weighted by Gasteiger charge is 2.47. The summed E-state index contributed by atoms with van der Waals surface area (Å²) in [6, 6.07) is 12.3. The molecule has 2 aliphatic rings. The van der Waals surface area contributed by atoms with Gasteiger partial charge < -0.3 is 9.88 Å². The number of nitrogens with one attached hydrogen (secondary N) is 1. The summed E-state index contributed by atoms with van der Waals surface area (Å²) in [6.07, 6.45) is 3.95. The third-order valence-electron chi connectivity index (χ3n) is 4.81. The second-order valence-electron chi connectivity index (χ2n) is 6.06. The second kappa shape index (κ2) is 4.10. The van der Waals surface area contributed by atoms with Crippen LogP contribution in [-0.4, -0.2) is 10.5 Å². The van der Waals surface area contributed by atoms with E-state index in [1.807, 2.05) is 18.2 Å². The summed E-state index contributed by atoms with van der Waals surface area (Å²) in [5.74, 6) is 0.112. The second-order valence-corrected chi connectivity index (χ2v) is 6.06. The van der Waals surface area contributed by atoms with E-state index in [0.717, 1.165) is 24.1 Å². The van der Waals surface area contributed by atoms with Crippen molar-refractivity contribution in [2.24, 2.45) is 0 Å². The normalized spacial score (nSPS) is 23.3. The molecule has 1 amide bonds. The first-order valence-corrected chi connectivity index (χ1v) is 7.40. The van der Waals surface area contributed by atoms with E-state index in [1.165, 1.54) is 17.1 Å². The van der Waals surface area contributed by atoms with Gasteiger partial charge in [0, 0.05) is 22.8 Å². The van der Waals surface area contributed by atoms with Crippen LogP contribution in [0.15, 0.2) is 42.5 Å². The van der Waals surface area contributed by atoms with Crippen LogP contribution in [-0.2, 0) is 10.2 Å². The maximum Gasteiger partial charge on any atom is 0.239 e. The molecule has 2 heterocycles. The van der Waals surface area contributed by atoms with Crippen LogP contribution >= 0.6 is 0 Å². The molecule has 1 spiro atoms. The first-order chi connectivity index (χ1) is 10.1. The third kappa shape index (κ3) is 1.57. The van der Waals surface area contributed by atoms with Crippen LogP contribution in [0.5, 0.6) is 0 Å². The molecule has 4 rings (SSSR count). The minimum absolute atomic E-state index is 0.112. The first-order valence-electron chi connectivity index (χ1n) is 7.40. The number of hydrogen-bond acceptors (Lipinski definition) is 1. The predicted molar refractivity (Wildman–Crippen MR) is 84.2 cm³/mol. The third-order valence-corrected chi connectivity index (χ3v) is 4.81. The number of allylic oxidation sites excluding steroid dienone is 1. The smallest absolute Gasteiger partial charge is 0.239 e. The van der Waals surface area contributed by atoms with Crippen LogP contribution in [0.4, 0.5) is 5.69 Å². The summed E-state index contributed by atoms with van der Waals surface area (Å²) in [6.45, 7) is 4.23. The van der Waals surface area contributed by atoms with E-state index in [1.54, 1.807) is 0 Å². The van der Waals surface area contributed by atoms with Crippen molar-refractivity contribution in [1.29, 1.82) is 0 Å². The van der Waals surface area contributed by atoms with Crippen molar-refractivity contribution in [2.45, 2.75) is 32.1 Å². The van der Waals surface area contributed by atoms with E-state index < -0.39 is 5.41 Å². The average molecular weight is 278 g/mol. The highest BCUT2D eigenvalue weighted by Crippen LogP contribution is 2.48. The molecule has 1 aliphatic carbocycles. The van der Waals surface area contributed by atoms with Crippen molar-refractivity contribution in [3.05, 3.63) is 59.4 Å². The Bertz CT molecular complexity index is 765. The molecule has 0 saturated carbocycles. The zero-order valence-corrected chi connectivity index (χ0v) is 12.3. The van der Waals surface area contributed by atoms with Gasteiger partial charge in [-0.15, -0.1) is 0 Å². The lowest BCUT2D eigenvalue weighted by atomic mass is 9.81. The topological polar surface area (TPSA) is 34.0 Å². The Morgan fingerprint density at radius 3 is 2.57 bits per heavy atom. The highest BCUT2D eigenvalue weighted by atomic mass is 16.2. The fraction of sp³-hybridized carbons (Fsp3) is 0.278. The van der Waals surface area contributed by atoms with Gasteiger partial charge in [0.25, 0.3) is 0 Å². The van der Waals surface area contributed by atoms with E-state index in [9.17, 15) is 4.79 Å². The van der Waals surface area contributed by atoms with Crippen molar-refractivity contribution < 1.29 is 4.79 Å². The highest BCUT2D eigenvalue weighted by molar-refractivity contribution is 6.09. The van der Waals surface area contributed by atoms with Gasteiger partial charge in [-0.05, 0) is 56.5 Å². The van der Waals surface area contributed by atoms with Gasteiger partial charge in [0.1, 0.15) is 0 Å². The van der Waals surface area contributed by atoms with Crippen LogP contribution in [0.25, 0.3) is 5.70 Å². The van der Waals surface area contributed by atoms with Crippen LogP contribution < -0.4 is 5.32 Å². The number of aromatic nitrogens is 1. The number of fused-ring (bicyclic) bond motifs is 2. The van der Waals surface area contributed by atoms with Gasteiger partial charge in [0.2, 0.25) is 5.91 Å². The Kier molecular flexibility index (Phi) is 2.43. The lowest BCUT2D eigenvalue weighted by Gasteiger charge is -2.18. The van der Waals surface area contributed by atoms with E-state index in [4.69, 9.17) is 0 Å². The minimum atomic E-state index is -0.477. The van der Waals surface area contributed by atoms with Crippen LogP contribution in [0.1, 0.15) is 29.8 Å². The Hall–Kier alpha value is -2.29. The van der Waals surface area contributed by atoms with E-state index >= 15 is 0 Å². The Morgan fingerprint density at radius 1 is 1.10 bits per heavy atom. The molecule has 0 bridgehead atoms. The molecule has 1 atom stereocenters. The van der Waals surface area contributed by atoms with Gasteiger partial charge in [0.05, 0.1) is 5.41 Å². The Morgan fingerprint density at radius 2 is 1.81 bits per heavy atom. The molecule has 1 aromatic heterocycles. The standard InChI is InChI=1S/C18H18N2O/c1-12-7-8-13(2)20(12)14-9-10-18(11-14)15-5-3-4-6-16(15)19-17(18)21/h3-8,11H,9-10H2,1-2H3,(H,19,21)/t18-/m0/s1. The van der Waals surface area contributed by atoms with Gasteiger partial charge in [-0.3, -0.25) is 4.79 Å². The maximum absolute atomic E-state index is 12.6. The van der Waals surface area contributed by atoms with Gasteiger partial charge in [-0.2, -0.15) is 0 Å². The van der Waals surface area contributed by atoms with Crippen LogP contribution in [0.3, 0.4) is 0 Å². The number of carbonyl (C=O) groups excluding carboxylic acids is 1. The lowest BCUT2D eigenvalue weighted by Crippen LogP contribution is -2.30. The maximum atomic E-state index is 12.6. The summed E-state index contributed by atoms with van der Waals surface area (Å²) in [5, 5.41) is 3.03. The van der Waals surface area contributed by atoms with E-state index in [-0.39, 0.29) is 5.91 Å². The molecule has 3 heteroatoms. The van der Waals surface area contributed by atoms with Crippen molar-refractivity contribution in [3.63, 3.8) is 0 Å². The molecule has 0 unspecified atom stereocenters. The molecule has 2 aromatic rings. The number of amides is 1. The van der Waals surface area contributed by atoms with Crippen LogP contribution in [0, 0.1) is 13.8 Å². The van der Waals surface area contributed by atoms with Gasteiger partial charge >= 0.3 is 0 Å². The molecule has 1 aliphatic heterocycles. The van der Waals surface area contributed by atoms with Gasteiger partial charge in [-0.25, -0.2) is 0 Å². The SMILES string of the molecule is Cc1ccc(C)n1C1=C[C@]2(CC1)C(=O)Nc1ccccc12. The summed E-state index contributed by atoms with van der Waals surface area (Å²) in [5.41, 5.74) is 5.29. The Balaban J connectivity index is 1.87. The van der Waals surface area contributed by atoms with Crippen LogP contribution in [0.2, 0.25) is 0 Å². The first kappa shape index (κ1) is 12.5. The summed E-state index contributed by atoms with van der Waals surface area (Å²) < 4.78 is 2.27. The molecular formula is C18H18N2O. The Labute approximate surface area is 124 Å². The molecule has 3 nitrogen and oxygen atoms in total. The van der Waals surface area contributed by atoms with Crippen molar-refractivity contribution in [3.8, 4) is 0 Å². The average Bonchev–Trinajstić information content (AvgIpc) is 3.11. The lowest BCUT2D eigenvalue weighted by molar-refractivity contribution is -0.119. The van der Waals surface area contributed by atoms with Gasteiger partial charge in [-0.1, -0.05) is 18.2 Å². The largest absolute Gasteiger partial charge is 0.325 e. The van der Waals surface area contributed by atoms with Gasteiger partial charge in [0.15, 0.2) is 0 Å². The number of carbonyl (C=O) groups is 1. The summed E-state index contributed by atoms with van der Waals surface area (Å²) in [7, 11) is 0. The molecule has 0 saturated heterocycles. The molecule has 0 radical (unpaired) electrons. The van der Waals surface area contributed by atoms with Crippen molar-refractivity contribution in [1.82, 2.24) is 4.57 Å². The molecule has 1 aromatic carbocycles.